The van der Waals surface area contributed by atoms with Crippen LogP contribution in [0.4, 0.5) is 13.2 Å². The van der Waals surface area contributed by atoms with Gasteiger partial charge in [0.25, 0.3) is 0 Å². The highest BCUT2D eigenvalue weighted by molar-refractivity contribution is 5.81. The Bertz CT molecular complexity index is 500. The topological polar surface area (TPSA) is 56.1 Å². The Hall–Kier alpha value is -1.57. The Morgan fingerprint density at radius 3 is 2.80 bits per heavy atom. The van der Waals surface area contributed by atoms with Crippen molar-refractivity contribution in [2.75, 3.05) is 14.2 Å². The number of alkyl halides is 3. The van der Waals surface area contributed by atoms with E-state index in [0.29, 0.717) is 19.3 Å². The molecule has 0 amide bonds. The van der Waals surface area contributed by atoms with Crippen molar-refractivity contribution in [3.8, 4) is 0 Å². The number of nitrogens with zero attached hydrogens (tertiary/aromatic N) is 2. The van der Waals surface area contributed by atoms with Gasteiger partial charge < -0.3 is 10.1 Å². The molecule has 1 N–H and O–H groups in total. The molecule has 1 fully saturated rings. The van der Waals surface area contributed by atoms with Gasteiger partial charge >= 0.3 is 12.1 Å². The van der Waals surface area contributed by atoms with Crippen LogP contribution in [0.25, 0.3) is 0 Å². The second kappa shape index (κ2) is 5.08. The molecule has 1 aromatic heterocycles. The van der Waals surface area contributed by atoms with Crippen molar-refractivity contribution in [1.29, 1.82) is 0 Å². The van der Waals surface area contributed by atoms with Gasteiger partial charge in [0.15, 0.2) is 0 Å². The highest BCUT2D eigenvalue weighted by Crippen LogP contribution is 2.39. The van der Waals surface area contributed by atoms with E-state index in [2.05, 4.69) is 10.4 Å². The van der Waals surface area contributed by atoms with Crippen LogP contribution in [0.15, 0.2) is 12.4 Å². The van der Waals surface area contributed by atoms with E-state index in [1.54, 1.807) is 7.05 Å². The molecule has 8 heteroatoms. The molecule has 1 aliphatic rings. The summed E-state index contributed by atoms with van der Waals surface area (Å²) >= 11 is 0. The number of ether oxygens (including phenoxy) is 1. The molecule has 0 bridgehead atoms. The first-order chi connectivity index (χ1) is 9.32. The van der Waals surface area contributed by atoms with Crippen LogP contribution in [0.2, 0.25) is 0 Å². The van der Waals surface area contributed by atoms with E-state index < -0.39 is 23.2 Å². The maximum Gasteiger partial charge on any atom is 0.419 e. The van der Waals surface area contributed by atoms with E-state index in [9.17, 15) is 18.0 Å². The summed E-state index contributed by atoms with van der Waals surface area (Å²) in [5, 5.41) is 6.69. The van der Waals surface area contributed by atoms with Crippen molar-refractivity contribution in [3.63, 3.8) is 0 Å². The minimum absolute atomic E-state index is 0.252. The molecule has 2 atom stereocenters. The van der Waals surface area contributed by atoms with Gasteiger partial charge in [-0.1, -0.05) is 0 Å². The van der Waals surface area contributed by atoms with Crippen LogP contribution in [0, 0.1) is 0 Å². The summed E-state index contributed by atoms with van der Waals surface area (Å²) < 4.78 is 43.7. The number of hydrogen-bond acceptors (Lipinski definition) is 4. The van der Waals surface area contributed by atoms with E-state index in [0.717, 1.165) is 12.4 Å². The molecule has 20 heavy (non-hydrogen) atoms. The number of hydrogen-bond donors (Lipinski definition) is 1. The standard InChI is InChI=1S/C12H16F3N3O2/c1-16-11(10(19)20-2)4-3-9(5-11)18-7-8(6-17-18)12(13,14)15/h6-7,9,16H,3-5H2,1-2H3. The maximum absolute atomic E-state index is 12.5. The van der Waals surface area contributed by atoms with Gasteiger partial charge in [-0.25, -0.2) is 0 Å². The van der Waals surface area contributed by atoms with Crippen LogP contribution in [0.3, 0.4) is 0 Å². The average Bonchev–Trinajstić information content (AvgIpc) is 3.04. The van der Waals surface area contributed by atoms with Gasteiger partial charge in [-0.05, 0) is 26.3 Å². The summed E-state index contributed by atoms with van der Waals surface area (Å²) in [5.41, 5.74) is -1.62. The number of nitrogens with one attached hydrogen (secondary N) is 1. The van der Waals surface area contributed by atoms with Gasteiger partial charge in [-0.15, -0.1) is 0 Å². The predicted octanol–water partition coefficient (Wildman–Crippen LogP) is 1.76. The van der Waals surface area contributed by atoms with Gasteiger partial charge in [0, 0.05) is 6.20 Å². The fourth-order valence-corrected chi connectivity index (χ4v) is 2.64. The zero-order valence-electron chi connectivity index (χ0n) is 11.2. The highest BCUT2D eigenvalue weighted by atomic mass is 19.4. The number of halogens is 3. The van der Waals surface area contributed by atoms with Crippen LogP contribution in [0.1, 0.15) is 30.9 Å². The lowest BCUT2D eigenvalue weighted by atomic mass is 9.98. The third-order valence-corrected chi connectivity index (χ3v) is 3.85. The van der Waals surface area contributed by atoms with Crippen LogP contribution < -0.4 is 5.32 Å². The van der Waals surface area contributed by atoms with Gasteiger partial charge in [0.1, 0.15) is 5.54 Å². The zero-order chi connectivity index (χ0) is 15.0. The van der Waals surface area contributed by atoms with Crippen LogP contribution in [-0.2, 0) is 15.7 Å². The third-order valence-electron chi connectivity index (χ3n) is 3.85. The van der Waals surface area contributed by atoms with Crippen molar-refractivity contribution in [2.45, 2.75) is 37.0 Å². The van der Waals surface area contributed by atoms with Gasteiger partial charge in [-0.2, -0.15) is 18.3 Å². The summed E-state index contributed by atoms with van der Waals surface area (Å²) in [6.45, 7) is 0. The van der Waals surface area contributed by atoms with Crippen LogP contribution in [-0.4, -0.2) is 35.4 Å². The molecule has 0 saturated heterocycles. The normalized spacial score (nSPS) is 26.8. The Labute approximate surface area is 114 Å². The lowest BCUT2D eigenvalue weighted by Crippen LogP contribution is -2.49. The lowest BCUT2D eigenvalue weighted by Gasteiger charge is -2.25. The Kier molecular flexibility index (Phi) is 3.77. The number of aromatic nitrogens is 2. The second-order valence-electron chi connectivity index (χ2n) is 4.93. The molecule has 0 aromatic carbocycles. The summed E-state index contributed by atoms with van der Waals surface area (Å²) in [5.74, 6) is -0.397. The molecule has 5 nitrogen and oxygen atoms in total. The van der Waals surface area contributed by atoms with E-state index in [1.807, 2.05) is 0 Å². The molecule has 0 radical (unpaired) electrons. The fourth-order valence-electron chi connectivity index (χ4n) is 2.64. The van der Waals surface area contributed by atoms with Crippen molar-refractivity contribution in [2.24, 2.45) is 0 Å². The number of methoxy groups -OCH3 is 1. The average molecular weight is 291 g/mol. The minimum Gasteiger partial charge on any atom is -0.468 e. The Morgan fingerprint density at radius 1 is 1.60 bits per heavy atom. The second-order valence-corrected chi connectivity index (χ2v) is 4.93. The monoisotopic (exact) mass is 291 g/mol. The summed E-state index contributed by atoms with van der Waals surface area (Å²) in [7, 11) is 2.94. The van der Waals surface area contributed by atoms with Crippen molar-refractivity contribution in [3.05, 3.63) is 18.0 Å². The summed E-state index contributed by atoms with van der Waals surface area (Å²) in [6, 6.07) is -0.252. The Morgan fingerprint density at radius 2 is 2.30 bits per heavy atom. The van der Waals surface area contributed by atoms with E-state index >= 15 is 0 Å². The first-order valence-electron chi connectivity index (χ1n) is 6.21. The summed E-state index contributed by atoms with van der Waals surface area (Å²) in [4.78, 5) is 11.8. The molecule has 1 aliphatic carbocycles. The van der Waals surface area contributed by atoms with Crippen molar-refractivity contribution in [1.82, 2.24) is 15.1 Å². The molecule has 2 rings (SSSR count). The molecular weight excluding hydrogens is 275 g/mol. The highest BCUT2D eigenvalue weighted by Gasteiger charge is 2.46. The van der Waals surface area contributed by atoms with E-state index in [4.69, 9.17) is 4.74 Å². The van der Waals surface area contributed by atoms with E-state index in [1.165, 1.54) is 11.8 Å². The number of esters is 1. The maximum atomic E-state index is 12.5. The molecule has 1 saturated carbocycles. The first kappa shape index (κ1) is 14.8. The van der Waals surface area contributed by atoms with E-state index in [-0.39, 0.29) is 6.04 Å². The number of carbonyl (C=O) groups is 1. The zero-order valence-corrected chi connectivity index (χ0v) is 11.2. The summed E-state index contributed by atoms with van der Waals surface area (Å²) in [6.07, 6.45) is -1.20. The van der Waals surface area contributed by atoms with Crippen molar-refractivity contribution >= 4 is 5.97 Å². The number of carbonyl (C=O) groups excluding carboxylic acids is 1. The SMILES string of the molecule is CNC1(C(=O)OC)CCC(n2cc(C(F)(F)F)cn2)C1. The number of rotatable bonds is 3. The van der Waals surface area contributed by atoms with Crippen LogP contribution in [0.5, 0.6) is 0 Å². The molecule has 112 valence electrons. The fraction of sp³-hybridized carbons (Fsp3) is 0.667. The smallest absolute Gasteiger partial charge is 0.419 e. The largest absolute Gasteiger partial charge is 0.468 e. The quantitative estimate of drug-likeness (QED) is 0.862. The molecule has 2 unspecified atom stereocenters. The van der Waals surface area contributed by atoms with Crippen molar-refractivity contribution < 1.29 is 22.7 Å². The minimum atomic E-state index is -4.40. The number of likely N-dealkylation sites (N-methyl/N-ethyl adjacent to an activating group) is 1. The lowest BCUT2D eigenvalue weighted by molar-refractivity contribution is -0.148. The van der Waals surface area contributed by atoms with Gasteiger partial charge in [0.05, 0.1) is 24.9 Å². The Balaban J connectivity index is 2.17. The third kappa shape index (κ3) is 2.52. The van der Waals surface area contributed by atoms with Crippen LogP contribution >= 0.6 is 0 Å². The molecule has 0 spiro atoms. The molecule has 0 aliphatic heterocycles. The predicted molar refractivity (Wildman–Crippen MR) is 63.9 cm³/mol. The van der Waals surface area contributed by atoms with Gasteiger partial charge in [-0.3, -0.25) is 9.48 Å². The molecule has 1 heterocycles. The van der Waals surface area contributed by atoms with Gasteiger partial charge in [0.2, 0.25) is 0 Å². The first-order valence-corrected chi connectivity index (χ1v) is 6.21. The molecule has 1 aromatic rings. The molecular formula is C12H16F3N3O2.